The van der Waals surface area contributed by atoms with E-state index >= 15 is 0 Å². The van der Waals surface area contributed by atoms with Crippen LogP contribution in [0.5, 0.6) is 5.75 Å². The molecule has 4 aromatic rings. The number of hydrogen-bond acceptors (Lipinski definition) is 5. The number of carboxylic acid groups (broad SMARTS) is 1. The molecule has 6 rings (SSSR count). The number of para-hydroxylation sites is 1. The van der Waals surface area contributed by atoms with E-state index in [2.05, 4.69) is 32.2 Å². The first-order valence-corrected chi connectivity index (χ1v) is 13.8. The molecule has 0 radical (unpaired) electrons. The zero-order chi connectivity index (χ0) is 27.1. The maximum Gasteiger partial charge on any atom is 0.321 e. The minimum atomic E-state index is -0.843. The number of carbonyl (C=O) groups is 1. The second-order valence-corrected chi connectivity index (χ2v) is 11.0. The van der Waals surface area contributed by atoms with Gasteiger partial charge in [0, 0.05) is 67.0 Å². The molecule has 2 atom stereocenters. The summed E-state index contributed by atoms with van der Waals surface area (Å²) in [5.74, 6) is -0.0161. The van der Waals surface area contributed by atoms with Crippen LogP contribution in [-0.2, 0) is 17.8 Å². The minimum absolute atomic E-state index is 0.265. The predicted molar refractivity (Wildman–Crippen MR) is 155 cm³/mol. The van der Waals surface area contributed by atoms with E-state index in [4.69, 9.17) is 27.9 Å². The number of aliphatic carboxylic acids is 1. The van der Waals surface area contributed by atoms with Gasteiger partial charge in [-0.1, -0.05) is 47.5 Å². The molecule has 0 aliphatic carbocycles. The van der Waals surface area contributed by atoms with Crippen molar-refractivity contribution >= 4 is 45.8 Å². The first-order chi connectivity index (χ1) is 18.9. The van der Waals surface area contributed by atoms with Crippen LogP contribution in [0.4, 0.5) is 5.69 Å². The summed E-state index contributed by atoms with van der Waals surface area (Å²) in [6, 6.07) is 19.1. The third-order valence-electron chi connectivity index (χ3n) is 7.88. The molecule has 3 N–H and O–H groups in total. The van der Waals surface area contributed by atoms with E-state index in [0.29, 0.717) is 16.5 Å². The quantitative estimate of drug-likeness (QED) is 0.287. The molecule has 0 bridgehead atoms. The first-order valence-electron chi connectivity index (χ1n) is 13.1. The number of halogens is 2. The lowest BCUT2D eigenvalue weighted by molar-refractivity contribution is -0.139. The number of anilines is 1. The van der Waals surface area contributed by atoms with E-state index in [1.54, 1.807) is 7.11 Å². The Morgan fingerprint density at radius 3 is 2.56 bits per heavy atom. The number of rotatable bonds is 6. The van der Waals surface area contributed by atoms with E-state index < -0.39 is 12.0 Å². The summed E-state index contributed by atoms with van der Waals surface area (Å²) in [4.78, 5) is 20.4. The number of methoxy groups -OCH3 is 1. The van der Waals surface area contributed by atoms with Crippen LogP contribution in [-0.4, -0.2) is 60.3 Å². The number of benzene rings is 3. The average molecular weight is 566 g/mol. The molecule has 1 fully saturated rings. The number of nitrogens with one attached hydrogen (secondary N) is 2. The molecule has 39 heavy (non-hydrogen) atoms. The Bertz CT molecular complexity index is 1530. The molecule has 0 saturated carbocycles. The normalized spacial score (nSPS) is 19.7. The van der Waals surface area contributed by atoms with Crippen LogP contribution in [0.1, 0.15) is 28.4 Å². The molecule has 0 amide bonds. The maximum absolute atomic E-state index is 12.1. The number of H-pyrrole nitrogens is 1. The van der Waals surface area contributed by atoms with Gasteiger partial charge in [-0.25, -0.2) is 0 Å². The fourth-order valence-corrected chi connectivity index (χ4v) is 6.14. The van der Waals surface area contributed by atoms with Crippen LogP contribution >= 0.6 is 23.2 Å². The van der Waals surface area contributed by atoms with Gasteiger partial charge in [-0.05, 0) is 47.5 Å². The number of fused-ring (bicyclic) bond motifs is 3. The lowest BCUT2D eigenvalue weighted by atomic mass is 9.89. The highest BCUT2D eigenvalue weighted by Crippen LogP contribution is 2.37. The molecule has 202 valence electrons. The van der Waals surface area contributed by atoms with Crippen LogP contribution in [0.2, 0.25) is 10.0 Å². The Kier molecular flexibility index (Phi) is 7.16. The summed E-state index contributed by atoms with van der Waals surface area (Å²) in [7, 11) is 1.69. The SMILES string of the molecule is COc1ccc([C@H]2N[C@@H](C(=O)O)Cc3c2[nH]c2ccccc32)cc1CN1CCN(c2ccc(Cl)c(Cl)c2)CC1. The maximum atomic E-state index is 12.1. The van der Waals surface area contributed by atoms with Crippen LogP contribution in [0.15, 0.2) is 60.7 Å². The summed E-state index contributed by atoms with van der Waals surface area (Å²) in [6.07, 6.45) is 0.442. The molecule has 2 aliphatic heterocycles. The molecule has 3 heterocycles. The van der Waals surface area contributed by atoms with E-state index in [0.717, 1.165) is 77.4 Å². The topological polar surface area (TPSA) is 80.8 Å². The van der Waals surface area contributed by atoms with Crippen molar-refractivity contribution in [2.75, 3.05) is 38.2 Å². The van der Waals surface area contributed by atoms with Crippen molar-refractivity contribution in [3.63, 3.8) is 0 Å². The highest BCUT2D eigenvalue weighted by atomic mass is 35.5. The Labute approximate surface area is 237 Å². The molecule has 1 aromatic heterocycles. The monoisotopic (exact) mass is 564 g/mol. The molecular formula is C30H30Cl2N4O3. The van der Waals surface area contributed by atoms with E-state index in [-0.39, 0.29) is 6.04 Å². The van der Waals surface area contributed by atoms with Crippen molar-refractivity contribution in [1.29, 1.82) is 0 Å². The van der Waals surface area contributed by atoms with Gasteiger partial charge < -0.3 is 19.7 Å². The third kappa shape index (κ3) is 5.08. The van der Waals surface area contributed by atoms with Crippen molar-refractivity contribution < 1.29 is 14.6 Å². The standard InChI is InChI=1S/C30H30Cl2N4O3/c1-39-27-9-6-18(28-29-22(16-26(34-28)30(37)38)21-4-2-3-5-25(21)33-29)14-19(27)17-35-10-12-36(13-11-35)20-7-8-23(31)24(32)15-20/h2-9,14-15,26,28,33-34H,10-13,16-17H2,1H3,(H,37,38)/t26-,28-/m1/s1. The zero-order valence-electron chi connectivity index (χ0n) is 21.6. The van der Waals surface area contributed by atoms with Gasteiger partial charge in [0.2, 0.25) is 0 Å². The van der Waals surface area contributed by atoms with E-state index in [1.165, 1.54) is 0 Å². The van der Waals surface area contributed by atoms with Crippen molar-refractivity contribution in [1.82, 2.24) is 15.2 Å². The molecule has 0 unspecified atom stereocenters. The lowest BCUT2D eigenvalue weighted by Crippen LogP contribution is -2.46. The summed E-state index contributed by atoms with van der Waals surface area (Å²) < 4.78 is 5.73. The van der Waals surface area contributed by atoms with Gasteiger partial charge in [0.15, 0.2) is 0 Å². The molecule has 3 aromatic carbocycles. The van der Waals surface area contributed by atoms with Gasteiger partial charge >= 0.3 is 5.97 Å². The molecule has 1 saturated heterocycles. The van der Waals surface area contributed by atoms with Gasteiger partial charge in [0.25, 0.3) is 0 Å². The number of piperazine rings is 1. The van der Waals surface area contributed by atoms with Gasteiger partial charge in [0.1, 0.15) is 11.8 Å². The lowest BCUT2D eigenvalue weighted by Gasteiger charge is -2.36. The predicted octanol–water partition coefficient (Wildman–Crippen LogP) is 5.49. The van der Waals surface area contributed by atoms with Gasteiger partial charge in [-0.15, -0.1) is 0 Å². The molecule has 9 heteroatoms. The van der Waals surface area contributed by atoms with Crippen LogP contribution in [0.25, 0.3) is 10.9 Å². The second kappa shape index (κ2) is 10.7. The van der Waals surface area contributed by atoms with E-state index in [1.807, 2.05) is 48.5 Å². The Morgan fingerprint density at radius 1 is 1.03 bits per heavy atom. The summed E-state index contributed by atoms with van der Waals surface area (Å²) in [5.41, 5.74) is 6.29. The minimum Gasteiger partial charge on any atom is -0.496 e. The Balaban J connectivity index is 1.25. The van der Waals surface area contributed by atoms with Crippen molar-refractivity contribution in [3.8, 4) is 5.75 Å². The van der Waals surface area contributed by atoms with E-state index in [9.17, 15) is 9.90 Å². The van der Waals surface area contributed by atoms with Gasteiger partial charge in [0.05, 0.1) is 23.2 Å². The number of hydrogen-bond donors (Lipinski definition) is 3. The van der Waals surface area contributed by atoms with Crippen molar-refractivity contribution in [2.24, 2.45) is 0 Å². The Hall–Kier alpha value is -3.23. The van der Waals surface area contributed by atoms with Gasteiger partial charge in [-0.3, -0.25) is 15.0 Å². The largest absolute Gasteiger partial charge is 0.496 e. The zero-order valence-corrected chi connectivity index (χ0v) is 23.1. The summed E-state index contributed by atoms with van der Waals surface area (Å²) in [5, 5.41) is 15.5. The number of aromatic nitrogens is 1. The first kappa shape index (κ1) is 26.0. The highest BCUT2D eigenvalue weighted by Gasteiger charge is 2.34. The van der Waals surface area contributed by atoms with Crippen molar-refractivity contribution in [3.05, 3.63) is 93.1 Å². The van der Waals surface area contributed by atoms with Crippen molar-refractivity contribution in [2.45, 2.75) is 25.0 Å². The summed E-state index contributed by atoms with van der Waals surface area (Å²) in [6.45, 7) is 4.28. The van der Waals surface area contributed by atoms with Gasteiger partial charge in [-0.2, -0.15) is 0 Å². The van der Waals surface area contributed by atoms with Crippen LogP contribution in [0.3, 0.4) is 0 Å². The molecule has 7 nitrogen and oxygen atoms in total. The summed E-state index contributed by atoms with van der Waals surface area (Å²) >= 11 is 12.3. The molecular weight excluding hydrogens is 535 g/mol. The smallest absolute Gasteiger partial charge is 0.321 e. The van der Waals surface area contributed by atoms with Crippen LogP contribution < -0.4 is 15.0 Å². The molecule has 2 aliphatic rings. The molecule has 0 spiro atoms. The Morgan fingerprint density at radius 2 is 1.82 bits per heavy atom. The van der Waals surface area contributed by atoms with Crippen LogP contribution in [0, 0.1) is 0 Å². The third-order valence-corrected chi connectivity index (χ3v) is 8.62. The fourth-order valence-electron chi connectivity index (χ4n) is 5.84. The second-order valence-electron chi connectivity index (χ2n) is 10.2. The average Bonchev–Trinajstić information content (AvgIpc) is 3.33. The fraction of sp³-hybridized carbons (Fsp3) is 0.300. The number of nitrogens with zero attached hydrogens (tertiary/aromatic N) is 2. The number of carboxylic acids is 1. The number of ether oxygens (including phenoxy) is 1. The highest BCUT2D eigenvalue weighted by molar-refractivity contribution is 6.42. The number of aromatic amines is 1.